The number of carbonyl (C=O) groups excluding carboxylic acids is 1. The fraction of sp³-hybridized carbons (Fsp3) is 0.292. The van der Waals surface area contributed by atoms with Gasteiger partial charge in [-0.3, -0.25) is 4.79 Å². The molecule has 0 bridgehead atoms. The number of halogens is 1. The molecule has 1 aliphatic rings. The maximum atomic E-state index is 13.9. The van der Waals surface area contributed by atoms with E-state index in [0.717, 1.165) is 38.3 Å². The molecule has 0 N–H and O–H groups in total. The van der Waals surface area contributed by atoms with Crippen molar-refractivity contribution in [3.05, 3.63) is 70.5 Å². The molecule has 1 aliphatic carbocycles. The summed E-state index contributed by atoms with van der Waals surface area (Å²) in [5, 5.41) is 0. The number of hydrogen-bond acceptors (Lipinski definition) is 3. The van der Waals surface area contributed by atoms with Crippen LogP contribution < -0.4 is 0 Å². The van der Waals surface area contributed by atoms with Gasteiger partial charge in [0.25, 0.3) is 0 Å². The number of hydrogen-bond donors (Lipinski definition) is 0. The van der Waals surface area contributed by atoms with Gasteiger partial charge >= 0.3 is 5.97 Å². The number of fused-ring (bicyclic) bond motifs is 1. The van der Waals surface area contributed by atoms with E-state index in [1.54, 1.807) is 13.2 Å². The fourth-order valence-corrected chi connectivity index (χ4v) is 3.93. The Kier molecular flexibility index (Phi) is 8.23. The van der Waals surface area contributed by atoms with Crippen molar-refractivity contribution in [1.29, 1.82) is 0 Å². The molecule has 0 amide bonds. The zero-order valence-electron chi connectivity index (χ0n) is 17.8. The Balaban J connectivity index is 0.00000145. The van der Waals surface area contributed by atoms with Crippen LogP contribution in [0.1, 0.15) is 43.9 Å². The Hall–Kier alpha value is -2.37. The number of rotatable bonds is 5. The van der Waals surface area contributed by atoms with Crippen molar-refractivity contribution in [2.45, 2.75) is 32.1 Å². The molecule has 1 atom stereocenters. The van der Waals surface area contributed by atoms with Gasteiger partial charge in [-0.25, -0.2) is 4.39 Å². The predicted octanol–water partition coefficient (Wildman–Crippen LogP) is 5.91. The molecule has 0 spiro atoms. The van der Waals surface area contributed by atoms with Crippen LogP contribution in [0.5, 0.6) is 0 Å². The van der Waals surface area contributed by atoms with Crippen molar-refractivity contribution < 1.29 is 18.1 Å². The molecule has 0 radical (unpaired) electrons. The molecular weight excluding hydrogens is 387 g/mol. The van der Waals surface area contributed by atoms with Crippen molar-refractivity contribution in [3.63, 3.8) is 0 Å². The van der Waals surface area contributed by atoms with E-state index < -0.39 is 0 Å². The van der Waals surface area contributed by atoms with Crippen molar-refractivity contribution >= 4 is 34.4 Å². The third-order valence-electron chi connectivity index (χ3n) is 4.78. The van der Waals surface area contributed by atoms with E-state index in [0.29, 0.717) is 0 Å². The quantitative estimate of drug-likeness (QED) is 0.450. The van der Waals surface area contributed by atoms with Gasteiger partial charge in [0.05, 0.1) is 20.6 Å². The first-order valence-corrected chi connectivity index (χ1v) is 11.1. The molecule has 2 aromatic rings. The van der Waals surface area contributed by atoms with Crippen molar-refractivity contribution in [1.82, 2.24) is 0 Å². The minimum absolute atomic E-state index is 0.170. The second-order valence-corrected chi connectivity index (χ2v) is 8.01. The lowest BCUT2D eigenvalue weighted by atomic mass is 10.0. The number of allylic oxidation sites excluding steroid dienone is 2. The molecule has 0 saturated carbocycles. The SMILES string of the molecule is CC.COC(=O)CC1=C(C)/C(=C/c2ccc([S+](C)OC)cc2)c2cc(F)ccc21. The van der Waals surface area contributed by atoms with Crippen LogP contribution in [0.4, 0.5) is 4.39 Å². The van der Waals surface area contributed by atoms with Crippen molar-refractivity contribution in [2.75, 3.05) is 20.5 Å². The lowest BCUT2D eigenvalue weighted by Crippen LogP contribution is -2.01. The summed E-state index contributed by atoms with van der Waals surface area (Å²) >= 11 is -0.243. The summed E-state index contributed by atoms with van der Waals surface area (Å²) < 4.78 is 24.1. The molecule has 0 heterocycles. The normalized spacial score (nSPS) is 14.9. The third kappa shape index (κ3) is 5.17. The lowest BCUT2D eigenvalue weighted by Gasteiger charge is -2.05. The van der Waals surface area contributed by atoms with Gasteiger partial charge in [0, 0.05) is 0 Å². The molecule has 2 aromatic carbocycles. The zero-order chi connectivity index (χ0) is 21.6. The number of esters is 1. The first-order valence-electron chi connectivity index (χ1n) is 9.54. The van der Waals surface area contributed by atoms with Crippen molar-refractivity contribution in [2.24, 2.45) is 0 Å². The van der Waals surface area contributed by atoms with Crippen LogP contribution in [-0.4, -0.2) is 26.4 Å². The highest BCUT2D eigenvalue weighted by molar-refractivity contribution is 7.91. The summed E-state index contributed by atoms with van der Waals surface area (Å²) in [6.07, 6.45) is 4.22. The molecule has 3 nitrogen and oxygen atoms in total. The molecule has 0 aromatic heterocycles. The van der Waals surface area contributed by atoms with E-state index in [2.05, 4.69) is 0 Å². The summed E-state index contributed by atoms with van der Waals surface area (Å²) in [7, 11) is 3.07. The van der Waals surface area contributed by atoms with Crippen molar-refractivity contribution in [3.8, 4) is 0 Å². The van der Waals surface area contributed by atoms with Gasteiger partial charge in [-0.05, 0) is 82.8 Å². The van der Waals surface area contributed by atoms with E-state index in [1.807, 2.05) is 57.4 Å². The Morgan fingerprint density at radius 2 is 1.72 bits per heavy atom. The number of methoxy groups -OCH3 is 1. The maximum absolute atomic E-state index is 13.9. The van der Waals surface area contributed by atoms with Crippen LogP contribution in [0.25, 0.3) is 17.2 Å². The minimum atomic E-state index is -0.306. The third-order valence-corrected chi connectivity index (χ3v) is 6.21. The summed E-state index contributed by atoms with van der Waals surface area (Å²) in [4.78, 5) is 12.9. The average molecular weight is 416 g/mol. The Morgan fingerprint density at radius 1 is 1.07 bits per heavy atom. The second-order valence-electron chi connectivity index (χ2n) is 6.29. The predicted molar refractivity (Wildman–Crippen MR) is 120 cm³/mol. The Labute approximate surface area is 175 Å². The van der Waals surface area contributed by atoms with Crippen LogP contribution in [-0.2, 0) is 24.9 Å². The smallest absolute Gasteiger partial charge is 0.310 e. The first kappa shape index (κ1) is 22.9. The standard InChI is InChI=1S/C22H22FO3S.C2H6/c1-14-19(11-15-5-8-17(9-6-15)27(4)26-3)21-12-16(23)7-10-18(21)20(14)13-22(24)25-2;1-2/h5-12H,13H2,1-4H3;1-2H3/q+1;/b19-11-;. The van der Waals surface area contributed by atoms with Gasteiger partial charge in [0.1, 0.15) is 12.1 Å². The first-order chi connectivity index (χ1) is 13.9. The highest BCUT2D eigenvalue weighted by Crippen LogP contribution is 2.43. The number of ether oxygens (including phenoxy) is 1. The van der Waals surface area contributed by atoms with Crippen LogP contribution in [0.3, 0.4) is 0 Å². The van der Waals surface area contributed by atoms with Crippen LogP contribution in [0.2, 0.25) is 0 Å². The summed E-state index contributed by atoms with van der Waals surface area (Å²) in [6, 6.07) is 12.8. The van der Waals surface area contributed by atoms with E-state index in [9.17, 15) is 9.18 Å². The number of benzene rings is 2. The van der Waals surface area contributed by atoms with Crippen LogP contribution in [0.15, 0.2) is 52.9 Å². The average Bonchev–Trinajstić information content (AvgIpc) is 3.00. The molecule has 5 heteroatoms. The Bertz CT molecular complexity index is 930. The molecule has 0 saturated heterocycles. The fourth-order valence-electron chi connectivity index (χ4n) is 3.22. The van der Waals surface area contributed by atoms with E-state index >= 15 is 0 Å². The topological polar surface area (TPSA) is 35.5 Å². The molecule has 0 fully saturated rings. The second kappa shape index (κ2) is 10.4. The maximum Gasteiger partial charge on any atom is 0.310 e. The molecule has 3 rings (SSSR count). The van der Waals surface area contributed by atoms with E-state index in [-0.39, 0.29) is 29.4 Å². The van der Waals surface area contributed by atoms with Gasteiger partial charge in [-0.2, -0.15) is 4.18 Å². The highest BCUT2D eigenvalue weighted by atomic mass is 32.2. The van der Waals surface area contributed by atoms with Crippen LogP contribution >= 0.6 is 0 Å². The zero-order valence-corrected chi connectivity index (χ0v) is 18.7. The molecule has 1 unspecified atom stereocenters. The van der Waals surface area contributed by atoms with E-state index in [1.165, 1.54) is 19.2 Å². The lowest BCUT2D eigenvalue weighted by molar-refractivity contribution is -0.139. The summed E-state index contributed by atoms with van der Waals surface area (Å²) in [6.45, 7) is 5.96. The van der Waals surface area contributed by atoms with Gasteiger partial charge in [-0.1, -0.05) is 19.9 Å². The van der Waals surface area contributed by atoms with Crippen LogP contribution in [0, 0.1) is 5.82 Å². The molecule has 0 aliphatic heterocycles. The van der Waals surface area contributed by atoms with Gasteiger partial charge in [0.15, 0.2) is 16.1 Å². The molecule has 154 valence electrons. The Morgan fingerprint density at radius 3 is 2.31 bits per heavy atom. The van der Waals surface area contributed by atoms with Gasteiger partial charge in [0.2, 0.25) is 0 Å². The highest BCUT2D eigenvalue weighted by Gasteiger charge is 2.26. The molecular formula is C24H28FO3S+. The monoisotopic (exact) mass is 415 g/mol. The summed E-state index contributed by atoms with van der Waals surface area (Å²) in [5.74, 6) is -0.600. The largest absolute Gasteiger partial charge is 0.469 e. The minimum Gasteiger partial charge on any atom is -0.469 e. The summed E-state index contributed by atoms with van der Waals surface area (Å²) in [5.41, 5.74) is 5.49. The molecule has 29 heavy (non-hydrogen) atoms. The van der Waals surface area contributed by atoms with Gasteiger partial charge in [-0.15, -0.1) is 0 Å². The van der Waals surface area contributed by atoms with Gasteiger partial charge < -0.3 is 4.74 Å². The number of carbonyl (C=O) groups is 1. The van der Waals surface area contributed by atoms with E-state index in [4.69, 9.17) is 8.92 Å².